The quantitative estimate of drug-likeness (QED) is 0.391. The predicted molar refractivity (Wildman–Crippen MR) is 128 cm³/mol. The number of carbonyl (C=O) groups excluding carboxylic acids is 1. The van der Waals surface area contributed by atoms with Gasteiger partial charge in [0.15, 0.2) is 0 Å². The van der Waals surface area contributed by atoms with Crippen LogP contribution in [0.5, 0.6) is 0 Å². The van der Waals surface area contributed by atoms with Crippen LogP contribution in [0.3, 0.4) is 0 Å². The Morgan fingerprint density at radius 3 is 1.97 bits per heavy atom. The van der Waals surface area contributed by atoms with E-state index in [9.17, 15) is 21.6 Å². The number of carbonyl (C=O) groups is 1. The first-order chi connectivity index (χ1) is 15.7. The lowest BCUT2D eigenvalue weighted by atomic mass is 10.1. The van der Waals surface area contributed by atoms with E-state index >= 15 is 0 Å². The van der Waals surface area contributed by atoms with Crippen LogP contribution < -0.4 is 14.8 Å². The molecule has 0 bridgehead atoms. The maximum Gasteiger partial charge on any atom is 0.271 e. The summed E-state index contributed by atoms with van der Waals surface area (Å²) in [6.45, 7) is 0.954. The number of rotatable bonds is 9. The van der Waals surface area contributed by atoms with Gasteiger partial charge >= 0.3 is 0 Å². The van der Waals surface area contributed by atoms with Gasteiger partial charge < -0.3 is 10.1 Å². The monoisotopic (exact) mass is 527 g/mol. The van der Waals surface area contributed by atoms with Crippen molar-refractivity contribution >= 4 is 60.0 Å². The molecule has 3 heterocycles. The molecule has 1 atom stereocenters. The summed E-state index contributed by atoms with van der Waals surface area (Å²) in [5, 5.41) is 6.02. The van der Waals surface area contributed by atoms with Crippen LogP contribution in [0.2, 0.25) is 0 Å². The molecule has 1 aromatic carbocycles. The van der Waals surface area contributed by atoms with Crippen molar-refractivity contribution in [2.24, 2.45) is 0 Å². The van der Waals surface area contributed by atoms with E-state index in [1.54, 1.807) is 22.9 Å². The second-order valence-corrected chi connectivity index (χ2v) is 12.9. The summed E-state index contributed by atoms with van der Waals surface area (Å²) in [5.41, 5.74) is 0.206. The zero-order valence-corrected chi connectivity index (χ0v) is 20.5. The summed E-state index contributed by atoms with van der Waals surface area (Å²) >= 11 is 2.08. The number of nitrogens with one attached hydrogen (secondary N) is 3. The van der Waals surface area contributed by atoms with E-state index in [0.717, 1.165) is 35.5 Å². The Hall–Kier alpha value is -2.45. The third-order valence-electron chi connectivity index (χ3n) is 4.73. The van der Waals surface area contributed by atoms with Crippen LogP contribution >= 0.6 is 22.7 Å². The number of thiophene rings is 2. The van der Waals surface area contributed by atoms with Crippen molar-refractivity contribution in [2.45, 2.75) is 27.4 Å². The van der Waals surface area contributed by atoms with E-state index < -0.39 is 26.0 Å². The molecule has 9 nitrogen and oxygen atoms in total. The maximum atomic E-state index is 12.8. The Kier molecular flexibility index (Phi) is 7.05. The Morgan fingerprint density at radius 1 is 0.939 bits per heavy atom. The van der Waals surface area contributed by atoms with Crippen LogP contribution in [-0.4, -0.2) is 42.0 Å². The van der Waals surface area contributed by atoms with E-state index in [4.69, 9.17) is 4.74 Å². The largest absolute Gasteiger partial charge is 0.376 e. The Labute approximate surface area is 199 Å². The van der Waals surface area contributed by atoms with Crippen LogP contribution in [0.25, 0.3) is 0 Å². The van der Waals surface area contributed by atoms with Crippen molar-refractivity contribution in [2.75, 3.05) is 22.6 Å². The standard InChI is InChI=1S/C20H21N3O6S4/c24-20(21-13-17-4-1-7-29-17)14-10-15(22-32(25,26)18-5-2-8-30-18)12-16(11-14)23-33(27,28)19-6-3-9-31-19/h2-3,5-6,8-12,17,22-23H,1,4,7,13H2,(H,21,24)/t17-/m1/s1. The molecule has 1 amide bonds. The first kappa shape index (κ1) is 23.7. The molecule has 4 rings (SSSR count). The Morgan fingerprint density at radius 2 is 1.52 bits per heavy atom. The Bertz CT molecular complexity index is 1230. The molecule has 3 aromatic rings. The first-order valence-electron chi connectivity index (χ1n) is 9.90. The molecule has 0 unspecified atom stereocenters. The third kappa shape index (κ3) is 5.92. The second-order valence-electron chi connectivity index (χ2n) is 7.22. The van der Waals surface area contributed by atoms with E-state index in [2.05, 4.69) is 14.8 Å². The minimum atomic E-state index is -3.90. The average molecular weight is 528 g/mol. The Balaban J connectivity index is 1.62. The first-order valence-corrected chi connectivity index (χ1v) is 14.6. The summed E-state index contributed by atoms with van der Waals surface area (Å²) in [6, 6.07) is 10.2. The number of hydrogen-bond acceptors (Lipinski definition) is 8. The van der Waals surface area contributed by atoms with Crippen molar-refractivity contribution in [3.8, 4) is 0 Å². The van der Waals surface area contributed by atoms with Crippen molar-refractivity contribution < 1.29 is 26.4 Å². The topological polar surface area (TPSA) is 131 Å². The average Bonchev–Trinajstić information content (AvgIpc) is 3.54. The molecule has 0 spiro atoms. The highest BCUT2D eigenvalue weighted by Crippen LogP contribution is 2.27. The fourth-order valence-corrected chi connectivity index (χ4v) is 7.30. The zero-order chi connectivity index (χ0) is 23.5. The van der Waals surface area contributed by atoms with Gasteiger partial charge in [0.05, 0.1) is 17.5 Å². The number of ether oxygens (including phenoxy) is 1. The van der Waals surface area contributed by atoms with Gasteiger partial charge in [-0.3, -0.25) is 14.2 Å². The normalized spacial score (nSPS) is 16.4. The number of amides is 1. The highest BCUT2D eigenvalue weighted by Gasteiger charge is 2.21. The molecule has 13 heteroatoms. The van der Waals surface area contributed by atoms with Gasteiger partial charge in [-0.05, 0) is 53.9 Å². The SMILES string of the molecule is O=C(NC[C@H]1CCCO1)c1cc(NS(=O)(=O)c2cccs2)cc(NS(=O)(=O)c2cccs2)c1. The molecule has 1 saturated heterocycles. The fourth-order valence-electron chi connectivity index (χ4n) is 3.23. The molecule has 1 fully saturated rings. The maximum absolute atomic E-state index is 12.8. The van der Waals surface area contributed by atoms with Crippen LogP contribution in [0.1, 0.15) is 23.2 Å². The van der Waals surface area contributed by atoms with Crippen LogP contribution in [0.4, 0.5) is 11.4 Å². The second kappa shape index (κ2) is 9.81. The number of benzene rings is 1. The van der Waals surface area contributed by atoms with E-state index in [1.807, 2.05) is 0 Å². The lowest BCUT2D eigenvalue weighted by Gasteiger charge is -2.14. The van der Waals surface area contributed by atoms with Crippen molar-refractivity contribution in [1.82, 2.24) is 5.32 Å². The van der Waals surface area contributed by atoms with Gasteiger partial charge in [-0.25, -0.2) is 16.8 Å². The minimum Gasteiger partial charge on any atom is -0.376 e. The molecule has 1 aliphatic heterocycles. The van der Waals surface area contributed by atoms with Gasteiger partial charge in [-0.2, -0.15) is 0 Å². The fraction of sp³-hybridized carbons (Fsp3) is 0.250. The molecular formula is C20H21N3O6S4. The smallest absolute Gasteiger partial charge is 0.271 e. The predicted octanol–water partition coefficient (Wildman–Crippen LogP) is 3.32. The number of hydrogen-bond donors (Lipinski definition) is 3. The molecule has 3 N–H and O–H groups in total. The molecular weight excluding hydrogens is 507 g/mol. The molecule has 0 aliphatic carbocycles. The molecule has 1 aliphatic rings. The highest BCUT2D eigenvalue weighted by atomic mass is 32.3. The van der Waals surface area contributed by atoms with Crippen molar-refractivity contribution in [3.05, 3.63) is 58.8 Å². The number of anilines is 2. The summed E-state index contributed by atoms with van der Waals surface area (Å²) in [5.74, 6) is -0.473. The van der Waals surface area contributed by atoms with Crippen molar-refractivity contribution in [1.29, 1.82) is 0 Å². The van der Waals surface area contributed by atoms with Gasteiger partial charge in [0, 0.05) is 18.7 Å². The van der Waals surface area contributed by atoms with Gasteiger partial charge in [0.2, 0.25) is 0 Å². The third-order valence-corrected chi connectivity index (χ3v) is 10.3. The minimum absolute atomic E-state index is 0.0528. The molecule has 176 valence electrons. The zero-order valence-electron chi connectivity index (χ0n) is 17.2. The molecule has 33 heavy (non-hydrogen) atoms. The molecule has 0 radical (unpaired) electrons. The highest BCUT2D eigenvalue weighted by molar-refractivity contribution is 7.95. The van der Waals surface area contributed by atoms with E-state index in [0.29, 0.717) is 13.2 Å². The van der Waals surface area contributed by atoms with Crippen LogP contribution in [0.15, 0.2) is 61.6 Å². The summed E-state index contributed by atoms with van der Waals surface area (Å²) in [4.78, 5) is 12.8. The van der Waals surface area contributed by atoms with Crippen molar-refractivity contribution in [3.63, 3.8) is 0 Å². The van der Waals surface area contributed by atoms with Gasteiger partial charge in [0.1, 0.15) is 8.42 Å². The molecule has 2 aromatic heterocycles. The van der Waals surface area contributed by atoms with Crippen LogP contribution in [0, 0.1) is 0 Å². The molecule has 0 saturated carbocycles. The number of sulfonamides is 2. The van der Waals surface area contributed by atoms with Gasteiger partial charge in [-0.15, -0.1) is 22.7 Å². The van der Waals surface area contributed by atoms with E-state index in [1.165, 1.54) is 30.3 Å². The summed E-state index contributed by atoms with van der Waals surface area (Å²) < 4.78 is 61.2. The lowest BCUT2D eigenvalue weighted by molar-refractivity contribution is 0.0858. The van der Waals surface area contributed by atoms with E-state index in [-0.39, 0.29) is 31.5 Å². The van der Waals surface area contributed by atoms with Gasteiger partial charge in [-0.1, -0.05) is 12.1 Å². The summed E-state index contributed by atoms with van der Waals surface area (Å²) in [7, 11) is -7.80. The van der Waals surface area contributed by atoms with Crippen LogP contribution in [-0.2, 0) is 24.8 Å². The lowest BCUT2D eigenvalue weighted by Crippen LogP contribution is -2.31. The van der Waals surface area contributed by atoms with Gasteiger partial charge in [0.25, 0.3) is 26.0 Å². The summed E-state index contributed by atoms with van der Waals surface area (Å²) in [6.07, 6.45) is 1.69.